The van der Waals surface area contributed by atoms with E-state index in [1.165, 1.54) is 0 Å². The van der Waals surface area contributed by atoms with E-state index in [0.717, 1.165) is 25.7 Å². The van der Waals surface area contributed by atoms with E-state index in [9.17, 15) is 9.59 Å². The van der Waals surface area contributed by atoms with E-state index in [2.05, 4.69) is 5.32 Å². The Balaban J connectivity index is 1.80. The van der Waals surface area contributed by atoms with Crippen molar-refractivity contribution in [2.75, 3.05) is 13.6 Å². The molecule has 0 radical (unpaired) electrons. The molecule has 0 aliphatic heterocycles. The van der Waals surface area contributed by atoms with E-state index in [4.69, 9.17) is 5.73 Å². The minimum Gasteiger partial charge on any atom is -0.343 e. The highest BCUT2D eigenvalue weighted by atomic mass is 16.2. The largest absolute Gasteiger partial charge is 0.343 e. The molecule has 5 nitrogen and oxygen atoms in total. The van der Waals surface area contributed by atoms with Gasteiger partial charge in [-0.25, -0.2) is 0 Å². The minimum atomic E-state index is -0.219. The van der Waals surface area contributed by atoms with E-state index < -0.39 is 0 Å². The molecule has 0 heterocycles. The fourth-order valence-electron chi connectivity index (χ4n) is 2.66. The van der Waals surface area contributed by atoms with Crippen molar-refractivity contribution in [1.82, 2.24) is 10.2 Å². The summed E-state index contributed by atoms with van der Waals surface area (Å²) in [6.45, 7) is 0.0345. The third kappa shape index (κ3) is 4.29. The Kier molecular flexibility index (Phi) is 5.33. The standard InChI is InChI=1S/C16H23N3O2/c1-19(14-9-7-13(17)8-10-14)15(20)11-18-16(21)12-5-3-2-4-6-12/h2-6,13-14H,7-11,17H2,1H3,(H,18,21). The monoisotopic (exact) mass is 289 g/mol. The number of likely N-dealkylation sites (N-methyl/N-ethyl adjacent to an activating group) is 1. The van der Waals surface area contributed by atoms with Crippen molar-refractivity contribution in [1.29, 1.82) is 0 Å². The molecule has 1 saturated carbocycles. The normalized spacial score (nSPS) is 21.6. The topological polar surface area (TPSA) is 75.4 Å². The first-order valence-electron chi connectivity index (χ1n) is 7.42. The number of nitrogens with two attached hydrogens (primary N) is 1. The molecule has 0 saturated heterocycles. The van der Waals surface area contributed by atoms with Gasteiger partial charge in [0.2, 0.25) is 5.91 Å². The highest BCUT2D eigenvalue weighted by Gasteiger charge is 2.25. The Morgan fingerprint density at radius 3 is 2.43 bits per heavy atom. The fourth-order valence-corrected chi connectivity index (χ4v) is 2.66. The molecular weight excluding hydrogens is 266 g/mol. The molecule has 0 spiro atoms. The summed E-state index contributed by atoms with van der Waals surface area (Å²) in [6.07, 6.45) is 3.80. The summed E-state index contributed by atoms with van der Waals surface area (Å²) in [6, 6.07) is 9.41. The first-order valence-corrected chi connectivity index (χ1v) is 7.42. The molecule has 2 amide bonds. The van der Waals surface area contributed by atoms with Crippen LogP contribution in [0.25, 0.3) is 0 Å². The van der Waals surface area contributed by atoms with Gasteiger partial charge in [-0.15, -0.1) is 0 Å². The Bertz CT molecular complexity index is 482. The summed E-state index contributed by atoms with van der Waals surface area (Å²) in [7, 11) is 1.80. The molecule has 0 bridgehead atoms. The Hall–Kier alpha value is -1.88. The van der Waals surface area contributed by atoms with E-state index >= 15 is 0 Å². The maximum absolute atomic E-state index is 12.1. The summed E-state index contributed by atoms with van der Waals surface area (Å²) in [5, 5.41) is 2.67. The first-order chi connectivity index (χ1) is 10.1. The van der Waals surface area contributed by atoms with Crippen LogP contribution in [0.1, 0.15) is 36.0 Å². The van der Waals surface area contributed by atoms with Crippen LogP contribution in [0.4, 0.5) is 0 Å². The van der Waals surface area contributed by atoms with Gasteiger partial charge in [-0.2, -0.15) is 0 Å². The smallest absolute Gasteiger partial charge is 0.251 e. The van der Waals surface area contributed by atoms with E-state index in [0.29, 0.717) is 5.56 Å². The molecule has 3 N–H and O–H groups in total. The summed E-state index contributed by atoms with van der Waals surface area (Å²) in [5.74, 6) is -0.275. The maximum atomic E-state index is 12.1. The van der Waals surface area contributed by atoms with Gasteiger partial charge in [0.15, 0.2) is 0 Å². The third-order valence-electron chi connectivity index (χ3n) is 4.12. The van der Waals surface area contributed by atoms with Gasteiger partial charge >= 0.3 is 0 Å². The number of benzene rings is 1. The van der Waals surface area contributed by atoms with Crippen LogP contribution in [0, 0.1) is 0 Å². The Morgan fingerprint density at radius 1 is 1.19 bits per heavy atom. The predicted molar refractivity (Wildman–Crippen MR) is 81.8 cm³/mol. The molecule has 0 unspecified atom stereocenters. The molecule has 1 aromatic rings. The third-order valence-corrected chi connectivity index (χ3v) is 4.12. The number of carbonyl (C=O) groups excluding carboxylic acids is 2. The number of nitrogens with zero attached hydrogens (tertiary/aromatic N) is 1. The van der Waals surface area contributed by atoms with Crippen molar-refractivity contribution in [2.24, 2.45) is 5.73 Å². The van der Waals surface area contributed by atoms with Crippen molar-refractivity contribution in [3.8, 4) is 0 Å². The number of nitrogens with one attached hydrogen (secondary N) is 1. The van der Waals surface area contributed by atoms with Gasteiger partial charge in [-0.3, -0.25) is 9.59 Å². The van der Waals surface area contributed by atoms with Gasteiger partial charge in [-0.1, -0.05) is 18.2 Å². The van der Waals surface area contributed by atoms with Crippen LogP contribution in [-0.4, -0.2) is 42.4 Å². The van der Waals surface area contributed by atoms with Crippen molar-refractivity contribution in [2.45, 2.75) is 37.8 Å². The summed E-state index contributed by atoms with van der Waals surface area (Å²) >= 11 is 0. The molecule has 0 aromatic heterocycles. The average Bonchev–Trinajstić information content (AvgIpc) is 2.53. The van der Waals surface area contributed by atoms with E-state index in [1.807, 2.05) is 6.07 Å². The lowest BCUT2D eigenvalue weighted by molar-refractivity contribution is -0.131. The second kappa shape index (κ2) is 7.22. The lowest BCUT2D eigenvalue weighted by atomic mass is 9.91. The van der Waals surface area contributed by atoms with Crippen LogP contribution in [0.3, 0.4) is 0 Å². The molecular formula is C16H23N3O2. The van der Waals surface area contributed by atoms with Crippen LogP contribution in [-0.2, 0) is 4.79 Å². The van der Waals surface area contributed by atoms with Gasteiger partial charge in [0.05, 0.1) is 6.54 Å². The maximum Gasteiger partial charge on any atom is 0.251 e. The van der Waals surface area contributed by atoms with Gasteiger partial charge in [0.1, 0.15) is 0 Å². The Labute approximate surface area is 125 Å². The zero-order valence-corrected chi connectivity index (χ0v) is 12.4. The summed E-state index contributed by atoms with van der Waals surface area (Å²) in [4.78, 5) is 25.8. The molecule has 1 fully saturated rings. The number of hydrogen-bond donors (Lipinski definition) is 2. The highest BCUT2D eigenvalue weighted by Crippen LogP contribution is 2.21. The Morgan fingerprint density at radius 2 is 1.81 bits per heavy atom. The van der Waals surface area contributed by atoms with Gasteiger partial charge in [0, 0.05) is 24.7 Å². The lowest BCUT2D eigenvalue weighted by Crippen LogP contribution is -2.45. The zero-order valence-electron chi connectivity index (χ0n) is 12.4. The quantitative estimate of drug-likeness (QED) is 0.873. The molecule has 21 heavy (non-hydrogen) atoms. The van der Waals surface area contributed by atoms with Gasteiger partial charge in [-0.05, 0) is 37.8 Å². The molecule has 2 rings (SSSR count). The predicted octanol–water partition coefficient (Wildman–Crippen LogP) is 1.14. The summed E-state index contributed by atoms with van der Waals surface area (Å²) < 4.78 is 0. The average molecular weight is 289 g/mol. The highest BCUT2D eigenvalue weighted by molar-refractivity contribution is 5.96. The second-order valence-electron chi connectivity index (χ2n) is 5.62. The van der Waals surface area contributed by atoms with Crippen molar-refractivity contribution >= 4 is 11.8 Å². The van der Waals surface area contributed by atoms with E-state index in [-0.39, 0.29) is 30.4 Å². The molecule has 0 atom stereocenters. The van der Waals surface area contributed by atoms with Crippen LogP contribution in [0.2, 0.25) is 0 Å². The van der Waals surface area contributed by atoms with Crippen molar-refractivity contribution in [3.63, 3.8) is 0 Å². The first kappa shape index (κ1) is 15.5. The minimum absolute atomic E-state index is 0.0345. The second-order valence-corrected chi connectivity index (χ2v) is 5.62. The molecule has 1 aliphatic rings. The molecule has 1 aliphatic carbocycles. The van der Waals surface area contributed by atoms with Crippen molar-refractivity contribution in [3.05, 3.63) is 35.9 Å². The zero-order chi connectivity index (χ0) is 15.2. The van der Waals surface area contributed by atoms with Crippen LogP contribution < -0.4 is 11.1 Å². The van der Waals surface area contributed by atoms with Crippen LogP contribution in [0.5, 0.6) is 0 Å². The molecule has 114 valence electrons. The number of hydrogen-bond acceptors (Lipinski definition) is 3. The molecule has 1 aromatic carbocycles. The number of carbonyl (C=O) groups is 2. The van der Waals surface area contributed by atoms with E-state index in [1.54, 1.807) is 36.2 Å². The number of rotatable bonds is 4. The summed E-state index contributed by atoms with van der Waals surface area (Å²) in [5.41, 5.74) is 6.44. The lowest BCUT2D eigenvalue weighted by Gasteiger charge is -2.33. The van der Waals surface area contributed by atoms with Crippen molar-refractivity contribution < 1.29 is 9.59 Å². The van der Waals surface area contributed by atoms with Gasteiger partial charge < -0.3 is 16.0 Å². The fraction of sp³-hybridized carbons (Fsp3) is 0.500. The molecule has 5 heteroatoms. The number of amides is 2. The van der Waals surface area contributed by atoms with Crippen LogP contribution >= 0.6 is 0 Å². The SMILES string of the molecule is CN(C(=O)CNC(=O)c1ccccc1)C1CCC(N)CC1. The van der Waals surface area contributed by atoms with Gasteiger partial charge in [0.25, 0.3) is 5.91 Å². The van der Waals surface area contributed by atoms with Crippen LogP contribution in [0.15, 0.2) is 30.3 Å².